The zero-order chi connectivity index (χ0) is 10.7. The third kappa shape index (κ3) is 2.30. The second-order valence-electron chi connectivity index (χ2n) is 3.78. The molecule has 3 nitrogen and oxygen atoms in total. The van der Waals surface area contributed by atoms with Gasteiger partial charge in [0, 0.05) is 6.54 Å². The van der Waals surface area contributed by atoms with Gasteiger partial charge in [0.25, 0.3) is 0 Å². The Morgan fingerprint density at radius 2 is 2.07 bits per heavy atom. The zero-order valence-corrected chi connectivity index (χ0v) is 9.19. The Balaban J connectivity index is 2.13. The van der Waals surface area contributed by atoms with E-state index >= 15 is 0 Å². The van der Waals surface area contributed by atoms with E-state index in [4.69, 9.17) is 9.47 Å². The summed E-state index contributed by atoms with van der Waals surface area (Å²) in [5.74, 6) is 0.892. The fourth-order valence-corrected chi connectivity index (χ4v) is 1.92. The molecule has 2 atom stereocenters. The van der Waals surface area contributed by atoms with Crippen LogP contribution in [0.15, 0.2) is 24.3 Å². The number of nitrogens with one attached hydrogen (secondary N) is 1. The Bertz CT molecular complexity index is 310. The SMILES string of the molecule is COc1ccc(C2NCCOC2C)cc1. The first-order valence-corrected chi connectivity index (χ1v) is 5.30. The van der Waals surface area contributed by atoms with Gasteiger partial charge >= 0.3 is 0 Å². The summed E-state index contributed by atoms with van der Waals surface area (Å²) in [4.78, 5) is 0. The molecule has 0 bridgehead atoms. The van der Waals surface area contributed by atoms with Crippen LogP contribution in [-0.2, 0) is 4.74 Å². The molecule has 2 rings (SSSR count). The second kappa shape index (κ2) is 4.64. The molecule has 82 valence electrons. The minimum absolute atomic E-state index is 0.229. The largest absolute Gasteiger partial charge is 0.497 e. The van der Waals surface area contributed by atoms with Crippen LogP contribution in [0.25, 0.3) is 0 Å². The summed E-state index contributed by atoms with van der Waals surface area (Å²) >= 11 is 0. The third-order valence-electron chi connectivity index (χ3n) is 2.79. The van der Waals surface area contributed by atoms with Gasteiger partial charge in [0.2, 0.25) is 0 Å². The summed E-state index contributed by atoms with van der Waals surface area (Å²) < 4.78 is 10.7. The second-order valence-corrected chi connectivity index (χ2v) is 3.78. The van der Waals surface area contributed by atoms with Crippen molar-refractivity contribution in [3.05, 3.63) is 29.8 Å². The summed E-state index contributed by atoms with van der Waals surface area (Å²) in [7, 11) is 1.68. The van der Waals surface area contributed by atoms with E-state index in [9.17, 15) is 0 Å². The molecule has 2 unspecified atom stereocenters. The van der Waals surface area contributed by atoms with Gasteiger partial charge in [-0.3, -0.25) is 0 Å². The van der Waals surface area contributed by atoms with E-state index in [-0.39, 0.29) is 6.10 Å². The first-order chi connectivity index (χ1) is 7.31. The molecule has 1 aliphatic rings. The third-order valence-corrected chi connectivity index (χ3v) is 2.79. The molecule has 1 aromatic rings. The number of hydrogen-bond acceptors (Lipinski definition) is 3. The lowest BCUT2D eigenvalue weighted by molar-refractivity contribution is 0.00755. The van der Waals surface area contributed by atoms with Crippen LogP contribution in [-0.4, -0.2) is 26.4 Å². The minimum atomic E-state index is 0.229. The van der Waals surface area contributed by atoms with Crippen molar-refractivity contribution in [1.82, 2.24) is 5.32 Å². The van der Waals surface area contributed by atoms with Crippen LogP contribution in [0, 0.1) is 0 Å². The average molecular weight is 207 g/mol. The molecule has 15 heavy (non-hydrogen) atoms. The van der Waals surface area contributed by atoms with Crippen LogP contribution >= 0.6 is 0 Å². The van der Waals surface area contributed by atoms with Crippen molar-refractivity contribution in [2.75, 3.05) is 20.3 Å². The Hall–Kier alpha value is -1.06. The first-order valence-electron chi connectivity index (χ1n) is 5.30. The van der Waals surface area contributed by atoms with Gasteiger partial charge in [0.15, 0.2) is 0 Å². The Morgan fingerprint density at radius 3 is 2.67 bits per heavy atom. The summed E-state index contributed by atoms with van der Waals surface area (Å²) in [5, 5.41) is 3.46. The van der Waals surface area contributed by atoms with Crippen LogP contribution < -0.4 is 10.1 Å². The Morgan fingerprint density at radius 1 is 1.33 bits per heavy atom. The molecule has 0 aromatic heterocycles. The lowest BCUT2D eigenvalue weighted by atomic mass is 10.0. The van der Waals surface area contributed by atoms with Crippen molar-refractivity contribution in [3.8, 4) is 5.75 Å². The van der Waals surface area contributed by atoms with Gasteiger partial charge in [0.1, 0.15) is 5.75 Å². The van der Waals surface area contributed by atoms with Crippen LogP contribution in [0.3, 0.4) is 0 Å². The molecule has 0 amide bonds. The molecular weight excluding hydrogens is 190 g/mol. The van der Waals surface area contributed by atoms with Crippen molar-refractivity contribution in [2.45, 2.75) is 19.1 Å². The summed E-state index contributed by atoms with van der Waals surface area (Å²) in [6.07, 6.45) is 0.229. The maximum Gasteiger partial charge on any atom is 0.118 e. The fraction of sp³-hybridized carbons (Fsp3) is 0.500. The van der Waals surface area contributed by atoms with E-state index in [1.807, 2.05) is 12.1 Å². The highest BCUT2D eigenvalue weighted by Crippen LogP contribution is 2.23. The van der Waals surface area contributed by atoms with E-state index in [0.717, 1.165) is 18.9 Å². The number of hydrogen-bond donors (Lipinski definition) is 1. The highest BCUT2D eigenvalue weighted by Gasteiger charge is 2.22. The molecule has 1 heterocycles. The molecule has 0 aliphatic carbocycles. The average Bonchev–Trinajstić information content (AvgIpc) is 2.30. The number of benzene rings is 1. The number of methoxy groups -OCH3 is 1. The standard InChI is InChI=1S/C12H17NO2/c1-9-12(13-7-8-15-9)10-3-5-11(14-2)6-4-10/h3-6,9,12-13H,7-8H2,1-2H3. The lowest BCUT2D eigenvalue weighted by Gasteiger charge is -2.30. The van der Waals surface area contributed by atoms with Crippen molar-refractivity contribution in [1.29, 1.82) is 0 Å². The molecule has 0 radical (unpaired) electrons. The predicted octanol–water partition coefficient (Wildman–Crippen LogP) is 1.74. The minimum Gasteiger partial charge on any atom is -0.497 e. The van der Waals surface area contributed by atoms with Gasteiger partial charge in [-0.2, -0.15) is 0 Å². The van der Waals surface area contributed by atoms with Crippen LogP contribution in [0.4, 0.5) is 0 Å². The molecule has 0 spiro atoms. The molecule has 1 N–H and O–H groups in total. The van der Waals surface area contributed by atoms with Gasteiger partial charge in [-0.25, -0.2) is 0 Å². The molecule has 1 saturated heterocycles. The van der Waals surface area contributed by atoms with Crippen molar-refractivity contribution in [2.24, 2.45) is 0 Å². The summed E-state index contributed by atoms with van der Waals surface area (Å²) in [6, 6.07) is 8.43. The highest BCUT2D eigenvalue weighted by atomic mass is 16.5. The Kier molecular flexibility index (Phi) is 3.23. The molecule has 3 heteroatoms. The van der Waals surface area contributed by atoms with Gasteiger partial charge in [-0.05, 0) is 24.6 Å². The van der Waals surface area contributed by atoms with Crippen LogP contribution in [0.1, 0.15) is 18.5 Å². The van der Waals surface area contributed by atoms with E-state index < -0.39 is 0 Å². The van der Waals surface area contributed by atoms with Crippen molar-refractivity contribution < 1.29 is 9.47 Å². The summed E-state index contributed by atoms with van der Waals surface area (Å²) in [6.45, 7) is 3.82. The molecule has 1 aromatic carbocycles. The normalized spacial score (nSPS) is 26.3. The van der Waals surface area contributed by atoms with E-state index in [1.54, 1.807) is 7.11 Å². The van der Waals surface area contributed by atoms with E-state index in [1.165, 1.54) is 5.56 Å². The topological polar surface area (TPSA) is 30.5 Å². The number of morpholine rings is 1. The van der Waals surface area contributed by atoms with Gasteiger partial charge < -0.3 is 14.8 Å². The molecule has 0 saturated carbocycles. The molecular formula is C12H17NO2. The fourth-order valence-electron chi connectivity index (χ4n) is 1.92. The quantitative estimate of drug-likeness (QED) is 0.801. The number of ether oxygens (including phenoxy) is 2. The van der Waals surface area contributed by atoms with Crippen LogP contribution in [0.5, 0.6) is 5.75 Å². The molecule has 1 fully saturated rings. The smallest absolute Gasteiger partial charge is 0.118 e. The predicted molar refractivity (Wildman–Crippen MR) is 59.2 cm³/mol. The first kappa shape index (κ1) is 10.5. The van der Waals surface area contributed by atoms with Gasteiger partial charge in [-0.15, -0.1) is 0 Å². The summed E-state index contributed by atoms with van der Waals surface area (Å²) in [5.41, 5.74) is 1.25. The van der Waals surface area contributed by atoms with Crippen LogP contribution in [0.2, 0.25) is 0 Å². The Labute approximate surface area is 90.4 Å². The molecule has 1 aliphatic heterocycles. The van der Waals surface area contributed by atoms with Crippen molar-refractivity contribution in [3.63, 3.8) is 0 Å². The van der Waals surface area contributed by atoms with E-state index in [2.05, 4.69) is 24.4 Å². The van der Waals surface area contributed by atoms with Gasteiger partial charge in [0.05, 0.1) is 25.9 Å². The number of rotatable bonds is 2. The maximum absolute atomic E-state index is 5.61. The zero-order valence-electron chi connectivity index (χ0n) is 9.19. The monoisotopic (exact) mass is 207 g/mol. The van der Waals surface area contributed by atoms with E-state index in [0.29, 0.717) is 6.04 Å². The maximum atomic E-state index is 5.61. The van der Waals surface area contributed by atoms with Gasteiger partial charge in [-0.1, -0.05) is 12.1 Å². The highest BCUT2D eigenvalue weighted by molar-refractivity contribution is 5.29. The van der Waals surface area contributed by atoms with Crippen molar-refractivity contribution >= 4 is 0 Å². The lowest BCUT2D eigenvalue weighted by Crippen LogP contribution is -2.40.